The number of oxazole rings is 1. The van der Waals surface area contributed by atoms with E-state index in [9.17, 15) is 4.79 Å². The van der Waals surface area contributed by atoms with Crippen LogP contribution < -0.4 is 5.32 Å². The topological polar surface area (TPSA) is 61.6 Å². The third kappa shape index (κ3) is 6.35. The highest BCUT2D eigenvalue weighted by atomic mass is 16.4. The first-order chi connectivity index (χ1) is 17.6. The van der Waals surface area contributed by atoms with Crippen LogP contribution in [0.1, 0.15) is 56.4 Å². The molecule has 6 nitrogen and oxygen atoms in total. The van der Waals surface area contributed by atoms with Crippen molar-refractivity contribution in [2.75, 3.05) is 38.0 Å². The Morgan fingerprint density at radius 3 is 2.39 bits per heavy atom. The highest BCUT2D eigenvalue weighted by Crippen LogP contribution is 2.26. The number of para-hydroxylation sites is 1. The maximum atomic E-state index is 13.1. The van der Waals surface area contributed by atoms with Gasteiger partial charge in [0, 0.05) is 43.9 Å². The van der Waals surface area contributed by atoms with Crippen LogP contribution in [0.15, 0.2) is 52.9 Å². The van der Waals surface area contributed by atoms with E-state index in [-0.39, 0.29) is 5.91 Å². The quantitative estimate of drug-likeness (QED) is 0.405. The van der Waals surface area contributed by atoms with Crippen molar-refractivity contribution in [1.82, 2.24) is 14.8 Å². The molecule has 2 aromatic carbocycles. The number of carbonyl (C=O) groups excluding carboxylic acids is 1. The highest BCUT2D eigenvalue weighted by Gasteiger charge is 2.22. The molecule has 1 aliphatic heterocycles. The Hall–Kier alpha value is -3.12. The SMILES string of the molecule is CCCc1oc(CN2CCCN(C(=O)CNc3c(CC)cccc3CC)CC2)nc1-c1ccccc1. The van der Waals surface area contributed by atoms with Gasteiger partial charge in [-0.2, -0.15) is 0 Å². The van der Waals surface area contributed by atoms with Crippen LogP contribution in [0.25, 0.3) is 11.3 Å². The predicted octanol–water partition coefficient (Wildman–Crippen LogP) is 5.57. The lowest BCUT2D eigenvalue weighted by Crippen LogP contribution is -2.38. The summed E-state index contributed by atoms with van der Waals surface area (Å²) >= 11 is 0. The summed E-state index contributed by atoms with van der Waals surface area (Å²) < 4.78 is 6.22. The molecule has 0 atom stereocenters. The van der Waals surface area contributed by atoms with Gasteiger partial charge in [0.05, 0.1) is 13.1 Å². The van der Waals surface area contributed by atoms with E-state index < -0.39 is 0 Å². The van der Waals surface area contributed by atoms with Crippen molar-refractivity contribution in [3.05, 3.63) is 71.3 Å². The lowest BCUT2D eigenvalue weighted by Gasteiger charge is -2.23. The first kappa shape index (κ1) is 26.0. The summed E-state index contributed by atoms with van der Waals surface area (Å²) in [6.45, 7) is 10.8. The first-order valence-electron chi connectivity index (χ1n) is 13.5. The van der Waals surface area contributed by atoms with Crippen LogP contribution in [0.5, 0.6) is 0 Å². The molecule has 0 radical (unpaired) electrons. The average Bonchev–Trinajstić information content (AvgIpc) is 3.15. The molecular formula is C30H40N4O2. The van der Waals surface area contributed by atoms with Gasteiger partial charge >= 0.3 is 0 Å². The summed E-state index contributed by atoms with van der Waals surface area (Å²) in [7, 11) is 0. The Bertz CT molecular complexity index is 1100. The highest BCUT2D eigenvalue weighted by molar-refractivity contribution is 5.81. The Morgan fingerprint density at radius 2 is 1.69 bits per heavy atom. The molecule has 0 unspecified atom stereocenters. The number of hydrogen-bond donors (Lipinski definition) is 1. The third-order valence-corrected chi connectivity index (χ3v) is 6.98. The second-order valence-corrected chi connectivity index (χ2v) is 9.52. The Morgan fingerprint density at radius 1 is 0.944 bits per heavy atom. The van der Waals surface area contributed by atoms with Gasteiger partial charge in [-0.1, -0.05) is 69.3 Å². The van der Waals surface area contributed by atoms with Crippen molar-refractivity contribution < 1.29 is 9.21 Å². The lowest BCUT2D eigenvalue weighted by atomic mass is 10.0. The molecule has 1 aromatic heterocycles. The molecule has 0 saturated carbocycles. The van der Waals surface area contributed by atoms with E-state index in [1.54, 1.807) is 0 Å². The van der Waals surface area contributed by atoms with Crippen LogP contribution in [-0.4, -0.2) is 53.4 Å². The zero-order valence-corrected chi connectivity index (χ0v) is 22.1. The molecule has 2 heterocycles. The second-order valence-electron chi connectivity index (χ2n) is 9.52. The van der Waals surface area contributed by atoms with Crippen molar-refractivity contribution in [3.63, 3.8) is 0 Å². The van der Waals surface area contributed by atoms with E-state index in [1.165, 1.54) is 11.1 Å². The number of rotatable bonds is 10. The smallest absolute Gasteiger partial charge is 0.241 e. The zero-order valence-electron chi connectivity index (χ0n) is 22.1. The maximum absolute atomic E-state index is 13.1. The number of nitrogens with zero attached hydrogens (tertiary/aromatic N) is 3. The summed E-state index contributed by atoms with van der Waals surface area (Å²) in [6.07, 6.45) is 4.76. The Labute approximate surface area is 215 Å². The normalized spacial score (nSPS) is 14.6. The molecule has 1 saturated heterocycles. The van der Waals surface area contributed by atoms with Crippen molar-refractivity contribution in [2.45, 2.75) is 59.4 Å². The third-order valence-electron chi connectivity index (χ3n) is 6.98. The lowest BCUT2D eigenvalue weighted by molar-refractivity contribution is -0.129. The van der Waals surface area contributed by atoms with Crippen LogP contribution in [0.4, 0.5) is 5.69 Å². The summed E-state index contributed by atoms with van der Waals surface area (Å²) in [4.78, 5) is 22.3. The number of aryl methyl sites for hydroxylation is 3. The molecule has 192 valence electrons. The molecule has 4 rings (SSSR count). The van der Waals surface area contributed by atoms with Crippen LogP contribution in [0.2, 0.25) is 0 Å². The largest absolute Gasteiger partial charge is 0.444 e. The summed E-state index contributed by atoms with van der Waals surface area (Å²) in [5.41, 5.74) is 5.74. The van der Waals surface area contributed by atoms with Crippen LogP contribution in [-0.2, 0) is 30.6 Å². The Kier molecular flexibility index (Phi) is 9.17. The molecule has 0 aliphatic carbocycles. The summed E-state index contributed by atoms with van der Waals surface area (Å²) in [6, 6.07) is 16.7. The number of anilines is 1. The van der Waals surface area contributed by atoms with E-state index in [4.69, 9.17) is 9.40 Å². The minimum atomic E-state index is 0.164. The number of nitrogens with one attached hydrogen (secondary N) is 1. The fraction of sp³-hybridized carbons (Fsp3) is 0.467. The van der Waals surface area contributed by atoms with Gasteiger partial charge < -0.3 is 14.6 Å². The standard InChI is InChI=1S/C30H40N4O2/c1-4-12-26-30(25-13-8-7-9-14-25)32-27(36-26)22-33-17-11-18-34(20-19-33)28(35)21-31-29-23(5-2)15-10-16-24(29)6-3/h7-10,13-16,31H,4-6,11-12,17-22H2,1-3H3. The molecule has 0 spiro atoms. The molecule has 1 amide bonds. The van der Waals surface area contributed by atoms with Crippen molar-refractivity contribution in [3.8, 4) is 11.3 Å². The van der Waals surface area contributed by atoms with Gasteiger partial charge in [0.2, 0.25) is 11.8 Å². The maximum Gasteiger partial charge on any atom is 0.241 e. The number of benzene rings is 2. The monoisotopic (exact) mass is 488 g/mol. The van der Waals surface area contributed by atoms with E-state index in [0.717, 1.165) is 86.9 Å². The number of aromatic nitrogens is 1. The van der Waals surface area contributed by atoms with Gasteiger partial charge in [-0.25, -0.2) is 4.98 Å². The summed E-state index contributed by atoms with van der Waals surface area (Å²) in [5.74, 6) is 1.90. The number of carbonyl (C=O) groups is 1. The zero-order chi connectivity index (χ0) is 25.3. The van der Waals surface area contributed by atoms with E-state index >= 15 is 0 Å². The molecule has 1 N–H and O–H groups in total. The first-order valence-corrected chi connectivity index (χ1v) is 13.5. The minimum absolute atomic E-state index is 0.164. The Balaban J connectivity index is 1.35. The molecule has 0 bridgehead atoms. The van der Waals surface area contributed by atoms with Gasteiger partial charge in [0.15, 0.2) is 0 Å². The molecule has 1 fully saturated rings. The van der Waals surface area contributed by atoms with Crippen LogP contribution in [0, 0.1) is 0 Å². The molecule has 3 aromatic rings. The second kappa shape index (κ2) is 12.7. The van der Waals surface area contributed by atoms with E-state index in [2.05, 4.69) is 61.3 Å². The number of hydrogen-bond acceptors (Lipinski definition) is 5. The van der Waals surface area contributed by atoms with Gasteiger partial charge in [-0.3, -0.25) is 9.69 Å². The van der Waals surface area contributed by atoms with E-state index in [1.807, 2.05) is 23.1 Å². The van der Waals surface area contributed by atoms with E-state index in [0.29, 0.717) is 13.1 Å². The molecule has 36 heavy (non-hydrogen) atoms. The average molecular weight is 489 g/mol. The molecule has 1 aliphatic rings. The van der Waals surface area contributed by atoms with Crippen LogP contribution >= 0.6 is 0 Å². The van der Waals surface area contributed by atoms with Gasteiger partial charge in [0.1, 0.15) is 11.5 Å². The fourth-order valence-corrected chi connectivity index (χ4v) is 5.00. The van der Waals surface area contributed by atoms with Gasteiger partial charge in [-0.05, 0) is 36.8 Å². The van der Waals surface area contributed by atoms with Gasteiger partial charge in [0.25, 0.3) is 0 Å². The van der Waals surface area contributed by atoms with Gasteiger partial charge in [-0.15, -0.1) is 0 Å². The van der Waals surface area contributed by atoms with Crippen LogP contribution in [0.3, 0.4) is 0 Å². The minimum Gasteiger partial charge on any atom is -0.444 e. The van der Waals surface area contributed by atoms with Crippen molar-refractivity contribution in [2.24, 2.45) is 0 Å². The fourth-order valence-electron chi connectivity index (χ4n) is 5.00. The summed E-state index contributed by atoms with van der Waals surface area (Å²) in [5, 5.41) is 3.46. The van der Waals surface area contributed by atoms with Crippen molar-refractivity contribution >= 4 is 11.6 Å². The number of amides is 1. The predicted molar refractivity (Wildman–Crippen MR) is 146 cm³/mol. The van der Waals surface area contributed by atoms with Crippen molar-refractivity contribution in [1.29, 1.82) is 0 Å². The molecule has 6 heteroatoms. The molecular weight excluding hydrogens is 448 g/mol.